The summed E-state index contributed by atoms with van der Waals surface area (Å²) in [7, 11) is 0. The first kappa shape index (κ1) is 21.6. The van der Waals surface area contributed by atoms with Crippen molar-refractivity contribution in [2.75, 3.05) is 31.1 Å². The molecule has 1 aliphatic rings. The number of benzene rings is 1. The van der Waals surface area contributed by atoms with Gasteiger partial charge in [-0.05, 0) is 49.2 Å². The number of rotatable bonds is 8. The van der Waals surface area contributed by atoms with Crippen LogP contribution in [0, 0.1) is 5.92 Å². The Hall–Kier alpha value is -2.11. The van der Waals surface area contributed by atoms with Crippen molar-refractivity contribution in [2.24, 2.45) is 5.92 Å². The third-order valence-corrected chi connectivity index (χ3v) is 5.88. The molecule has 0 unspecified atom stereocenters. The molecule has 156 valence electrons. The summed E-state index contributed by atoms with van der Waals surface area (Å²) in [6.45, 7) is 9.67. The van der Waals surface area contributed by atoms with Gasteiger partial charge in [0.25, 0.3) is 0 Å². The molecule has 3 rings (SSSR count). The normalized spacial score (nSPS) is 15.0. The summed E-state index contributed by atoms with van der Waals surface area (Å²) < 4.78 is 0. The smallest absolute Gasteiger partial charge is 0.223 e. The largest absolute Gasteiger partial charge is 0.357 e. The van der Waals surface area contributed by atoms with E-state index in [4.69, 9.17) is 11.6 Å². The maximum Gasteiger partial charge on any atom is 0.223 e. The summed E-state index contributed by atoms with van der Waals surface area (Å²) in [5.41, 5.74) is 2.45. The highest BCUT2D eigenvalue weighted by atomic mass is 35.5. The van der Waals surface area contributed by atoms with Gasteiger partial charge in [-0.2, -0.15) is 0 Å². The number of nitrogens with one attached hydrogen (secondary N) is 1. The van der Waals surface area contributed by atoms with E-state index >= 15 is 0 Å². The predicted octanol–water partition coefficient (Wildman–Crippen LogP) is 4.11. The van der Waals surface area contributed by atoms with Gasteiger partial charge in [0.15, 0.2) is 0 Å². The van der Waals surface area contributed by atoms with Crippen molar-refractivity contribution >= 4 is 23.3 Å². The van der Waals surface area contributed by atoms with Gasteiger partial charge in [0.05, 0.1) is 5.02 Å². The number of piperidine rings is 1. The lowest BCUT2D eigenvalue weighted by atomic mass is 9.95. The van der Waals surface area contributed by atoms with Crippen LogP contribution in [0.5, 0.6) is 0 Å². The summed E-state index contributed by atoms with van der Waals surface area (Å²) in [4.78, 5) is 21.6. The summed E-state index contributed by atoms with van der Waals surface area (Å²) in [6.07, 6.45) is 3.36. The van der Waals surface area contributed by atoms with E-state index in [1.165, 1.54) is 5.56 Å². The highest BCUT2D eigenvalue weighted by molar-refractivity contribution is 6.30. The van der Waals surface area contributed by atoms with Gasteiger partial charge in [0.2, 0.25) is 5.91 Å². The van der Waals surface area contributed by atoms with Crippen LogP contribution in [-0.4, -0.2) is 42.0 Å². The molecule has 1 aromatic carbocycles. The molecule has 0 bridgehead atoms. The average molecular weight is 415 g/mol. The molecule has 1 amide bonds. The quantitative estimate of drug-likeness (QED) is 0.706. The number of amides is 1. The van der Waals surface area contributed by atoms with Gasteiger partial charge in [-0.3, -0.25) is 9.69 Å². The van der Waals surface area contributed by atoms with Gasteiger partial charge in [-0.25, -0.2) is 4.98 Å². The van der Waals surface area contributed by atoms with E-state index in [1.807, 2.05) is 12.1 Å². The minimum absolute atomic E-state index is 0.0670. The number of pyridine rings is 1. The van der Waals surface area contributed by atoms with Gasteiger partial charge >= 0.3 is 0 Å². The van der Waals surface area contributed by atoms with Crippen molar-refractivity contribution in [1.82, 2.24) is 15.2 Å². The van der Waals surface area contributed by atoms with E-state index in [0.29, 0.717) is 11.6 Å². The van der Waals surface area contributed by atoms with Crippen LogP contribution < -0.4 is 10.2 Å². The molecule has 1 saturated heterocycles. The molecule has 5 nitrogen and oxygen atoms in total. The maximum atomic E-state index is 12.6. The van der Waals surface area contributed by atoms with Crippen LogP contribution >= 0.6 is 11.6 Å². The van der Waals surface area contributed by atoms with Crippen LogP contribution in [0.4, 0.5) is 5.82 Å². The molecular weight excluding hydrogens is 384 g/mol. The van der Waals surface area contributed by atoms with E-state index in [-0.39, 0.29) is 11.8 Å². The topological polar surface area (TPSA) is 48.5 Å². The zero-order chi connectivity index (χ0) is 20.6. The molecule has 1 aliphatic heterocycles. The molecule has 2 aromatic rings. The molecule has 0 aliphatic carbocycles. The molecule has 0 saturated carbocycles. The van der Waals surface area contributed by atoms with E-state index in [1.54, 1.807) is 6.20 Å². The van der Waals surface area contributed by atoms with Crippen molar-refractivity contribution in [3.8, 4) is 0 Å². The highest BCUT2D eigenvalue weighted by Crippen LogP contribution is 2.23. The summed E-state index contributed by atoms with van der Waals surface area (Å²) in [6, 6.07) is 12.3. The molecule has 1 N–H and O–H groups in total. The Bertz CT molecular complexity index is 784. The number of aromatic nitrogens is 1. The molecule has 0 atom stereocenters. The second-order valence-corrected chi connectivity index (χ2v) is 8.03. The monoisotopic (exact) mass is 414 g/mol. The van der Waals surface area contributed by atoms with E-state index < -0.39 is 0 Å². The Morgan fingerprint density at radius 3 is 2.55 bits per heavy atom. The summed E-state index contributed by atoms with van der Waals surface area (Å²) in [5, 5.41) is 3.78. The Balaban J connectivity index is 1.47. The van der Waals surface area contributed by atoms with Gasteiger partial charge in [0, 0.05) is 38.3 Å². The van der Waals surface area contributed by atoms with Gasteiger partial charge < -0.3 is 10.2 Å². The second kappa shape index (κ2) is 10.6. The Morgan fingerprint density at radius 2 is 1.90 bits per heavy atom. The Morgan fingerprint density at radius 1 is 1.17 bits per heavy atom. The van der Waals surface area contributed by atoms with E-state index in [2.05, 4.69) is 58.2 Å². The number of halogens is 1. The molecule has 29 heavy (non-hydrogen) atoms. The van der Waals surface area contributed by atoms with Crippen LogP contribution in [0.25, 0.3) is 0 Å². The number of nitrogens with zero attached hydrogens (tertiary/aromatic N) is 3. The van der Waals surface area contributed by atoms with Crippen LogP contribution in [0.1, 0.15) is 37.8 Å². The number of carbonyl (C=O) groups excluding carboxylic acids is 1. The Kier molecular flexibility index (Phi) is 7.90. The fourth-order valence-corrected chi connectivity index (χ4v) is 3.91. The van der Waals surface area contributed by atoms with Crippen LogP contribution in [0.2, 0.25) is 5.02 Å². The zero-order valence-electron chi connectivity index (χ0n) is 17.4. The first-order valence-electron chi connectivity index (χ1n) is 10.5. The molecule has 1 fully saturated rings. The third kappa shape index (κ3) is 6.18. The van der Waals surface area contributed by atoms with E-state index in [0.717, 1.165) is 56.9 Å². The lowest BCUT2D eigenvalue weighted by Crippen LogP contribution is -2.40. The first-order valence-corrected chi connectivity index (χ1v) is 10.9. The average Bonchev–Trinajstić information content (AvgIpc) is 2.77. The lowest BCUT2D eigenvalue weighted by Gasteiger charge is -2.32. The minimum atomic E-state index is 0.0670. The molecule has 0 spiro atoms. The minimum Gasteiger partial charge on any atom is -0.357 e. The number of hydrogen-bond donors (Lipinski definition) is 1. The van der Waals surface area contributed by atoms with Crippen LogP contribution in [0.3, 0.4) is 0 Å². The number of carbonyl (C=O) groups is 1. The summed E-state index contributed by atoms with van der Waals surface area (Å²) >= 11 is 5.91. The fourth-order valence-electron chi connectivity index (χ4n) is 3.80. The zero-order valence-corrected chi connectivity index (χ0v) is 18.2. The van der Waals surface area contributed by atoms with Crippen LogP contribution in [-0.2, 0) is 17.9 Å². The third-order valence-electron chi connectivity index (χ3n) is 5.66. The van der Waals surface area contributed by atoms with Crippen molar-refractivity contribution < 1.29 is 4.79 Å². The number of hydrogen-bond acceptors (Lipinski definition) is 4. The van der Waals surface area contributed by atoms with Crippen molar-refractivity contribution in [2.45, 2.75) is 39.8 Å². The van der Waals surface area contributed by atoms with Crippen molar-refractivity contribution in [3.05, 3.63) is 58.7 Å². The molecule has 6 heteroatoms. The lowest BCUT2D eigenvalue weighted by molar-refractivity contribution is -0.125. The molecule has 1 aromatic heterocycles. The fraction of sp³-hybridized carbons (Fsp3) is 0.478. The van der Waals surface area contributed by atoms with E-state index in [9.17, 15) is 4.79 Å². The van der Waals surface area contributed by atoms with Crippen molar-refractivity contribution in [1.29, 1.82) is 0 Å². The van der Waals surface area contributed by atoms with Crippen molar-refractivity contribution in [3.63, 3.8) is 0 Å². The molecule has 2 heterocycles. The SMILES string of the molecule is CCN(CC)Cc1cccc(CNC(=O)C2CCN(c3ccc(Cl)cn3)CC2)c1. The predicted molar refractivity (Wildman–Crippen MR) is 119 cm³/mol. The maximum absolute atomic E-state index is 12.6. The summed E-state index contributed by atoms with van der Waals surface area (Å²) in [5.74, 6) is 1.15. The standard InChI is InChI=1S/C23H31ClN4O/c1-3-27(4-2)17-19-7-5-6-18(14-19)15-26-23(29)20-10-12-28(13-11-20)22-9-8-21(24)16-25-22/h5-9,14,16,20H,3-4,10-13,15,17H2,1-2H3,(H,26,29). The van der Waals surface area contributed by atoms with Gasteiger partial charge in [-0.1, -0.05) is 49.7 Å². The van der Waals surface area contributed by atoms with Gasteiger partial charge in [0.1, 0.15) is 5.82 Å². The Labute approximate surface area is 179 Å². The molecule has 0 radical (unpaired) electrons. The van der Waals surface area contributed by atoms with Crippen LogP contribution in [0.15, 0.2) is 42.6 Å². The first-order chi connectivity index (χ1) is 14.1. The highest BCUT2D eigenvalue weighted by Gasteiger charge is 2.25. The van der Waals surface area contributed by atoms with Gasteiger partial charge in [-0.15, -0.1) is 0 Å². The second-order valence-electron chi connectivity index (χ2n) is 7.60. The number of anilines is 1. The molecular formula is C23H31ClN4O.